The summed E-state index contributed by atoms with van der Waals surface area (Å²) in [4.78, 5) is 17.3. The van der Waals surface area contributed by atoms with Crippen molar-refractivity contribution < 1.29 is 9.90 Å². The van der Waals surface area contributed by atoms with Crippen molar-refractivity contribution in [2.24, 2.45) is 11.8 Å². The average molecular weight is 345 g/mol. The van der Waals surface area contributed by atoms with E-state index in [1.54, 1.807) is 0 Å². The van der Waals surface area contributed by atoms with Gasteiger partial charge in [-0.3, -0.25) is 9.69 Å². The molecule has 2 aliphatic rings. The van der Waals surface area contributed by atoms with Gasteiger partial charge in [0.05, 0.1) is 0 Å². The van der Waals surface area contributed by atoms with E-state index in [-0.39, 0.29) is 30.4 Å². The van der Waals surface area contributed by atoms with Crippen molar-refractivity contribution in [2.45, 2.75) is 31.8 Å². The summed E-state index contributed by atoms with van der Waals surface area (Å²) < 4.78 is 0. The summed E-state index contributed by atoms with van der Waals surface area (Å²) in [5.74, 6) is 0.473. The van der Waals surface area contributed by atoms with Crippen LogP contribution in [0.25, 0.3) is 0 Å². The topological polar surface area (TPSA) is 55.8 Å². The number of hydrogen-bond acceptors (Lipinski definition) is 4. The second kappa shape index (κ2) is 8.79. The van der Waals surface area contributed by atoms with Crippen LogP contribution in [0.2, 0.25) is 0 Å². The van der Waals surface area contributed by atoms with Crippen molar-refractivity contribution in [1.82, 2.24) is 15.1 Å². The van der Waals surface area contributed by atoms with Crippen LogP contribution in [0.5, 0.6) is 0 Å². The maximum atomic E-state index is 12.7. The van der Waals surface area contributed by atoms with Crippen molar-refractivity contribution >= 4 is 5.91 Å². The van der Waals surface area contributed by atoms with Crippen LogP contribution in [-0.2, 0) is 11.3 Å². The van der Waals surface area contributed by atoms with Gasteiger partial charge in [-0.2, -0.15) is 0 Å². The summed E-state index contributed by atoms with van der Waals surface area (Å²) in [5, 5.41) is 13.0. The molecule has 0 bridgehead atoms. The molecule has 2 atom stereocenters. The average Bonchev–Trinajstić information content (AvgIpc) is 2.63. The van der Waals surface area contributed by atoms with Crippen LogP contribution >= 0.6 is 0 Å². The lowest BCUT2D eigenvalue weighted by molar-refractivity contribution is -0.128. The van der Waals surface area contributed by atoms with E-state index in [1.165, 1.54) is 5.56 Å². The molecule has 1 amide bonds. The molecule has 0 saturated carbocycles. The molecule has 2 saturated heterocycles. The number of rotatable bonds is 5. The van der Waals surface area contributed by atoms with E-state index in [0.29, 0.717) is 0 Å². The number of carbonyl (C=O) groups excluding carboxylic acids is 1. The molecule has 0 spiro atoms. The molecule has 2 unspecified atom stereocenters. The van der Waals surface area contributed by atoms with Crippen LogP contribution in [0, 0.1) is 11.8 Å². The van der Waals surface area contributed by atoms with Gasteiger partial charge in [-0.1, -0.05) is 30.3 Å². The number of amides is 1. The first kappa shape index (κ1) is 18.4. The van der Waals surface area contributed by atoms with Crippen molar-refractivity contribution in [3.8, 4) is 0 Å². The van der Waals surface area contributed by atoms with Gasteiger partial charge >= 0.3 is 0 Å². The molecule has 5 nitrogen and oxygen atoms in total. The Bertz CT molecular complexity index is 543. The van der Waals surface area contributed by atoms with Gasteiger partial charge in [-0.15, -0.1) is 0 Å². The van der Waals surface area contributed by atoms with Gasteiger partial charge in [0.2, 0.25) is 5.91 Å². The monoisotopic (exact) mass is 345 g/mol. The summed E-state index contributed by atoms with van der Waals surface area (Å²) in [7, 11) is 2.11. The van der Waals surface area contributed by atoms with Crippen molar-refractivity contribution in [1.29, 1.82) is 0 Å². The first-order chi connectivity index (χ1) is 12.2. The highest BCUT2D eigenvalue weighted by Crippen LogP contribution is 2.22. The van der Waals surface area contributed by atoms with E-state index in [0.717, 1.165) is 52.0 Å². The number of nitrogens with one attached hydrogen (secondary N) is 1. The highest BCUT2D eigenvalue weighted by atomic mass is 16.3. The largest absolute Gasteiger partial charge is 0.396 e. The van der Waals surface area contributed by atoms with E-state index < -0.39 is 0 Å². The highest BCUT2D eigenvalue weighted by molar-refractivity contribution is 5.79. The predicted molar refractivity (Wildman–Crippen MR) is 99.1 cm³/mol. The zero-order chi connectivity index (χ0) is 17.6. The molecule has 1 aromatic carbocycles. The number of benzene rings is 1. The lowest BCUT2D eigenvalue weighted by atomic mass is 9.90. The van der Waals surface area contributed by atoms with E-state index in [1.807, 2.05) is 6.07 Å². The number of nitrogens with zero attached hydrogens (tertiary/aromatic N) is 2. The first-order valence-electron chi connectivity index (χ1n) is 9.51. The molecule has 1 aromatic rings. The van der Waals surface area contributed by atoms with Gasteiger partial charge < -0.3 is 15.3 Å². The number of piperidine rings is 2. The summed E-state index contributed by atoms with van der Waals surface area (Å²) in [6.45, 7) is 4.83. The van der Waals surface area contributed by atoms with Crippen molar-refractivity contribution in [3.05, 3.63) is 35.9 Å². The van der Waals surface area contributed by atoms with Crippen LogP contribution in [0.15, 0.2) is 30.3 Å². The fourth-order valence-corrected chi connectivity index (χ4v) is 4.01. The molecular weight excluding hydrogens is 314 g/mol. The van der Waals surface area contributed by atoms with Gasteiger partial charge in [0.25, 0.3) is 0 Å². The lowest BCUT2D eigenvalue weighted by Crippen LogP contribution is -2.55. The van der Waals surface area contributed by atoms with Gasteiger partial charge in [0.15, 0.2) is 0 Å². The van der Waals surface area contributed by atoms with E-state index in [9.17, 15) is 9.90 Å². The maximum Gasteiger partial charge on any atom is 0.223 e. The number of aliphatic hydroxyl groups excluding tert-OH is 1. The first-order valence-corrected chi connectivity index (χ1v) is 9.51. The summed E-state index contributed by atoms with van der Waals surface area (Å²) in [6, 6.07) is 10.5. The molecule has 5 heteroatoms. The Morgan fingerprint density at radius 2 is 1.88 bits per heavy atom. The number of aliphatic hydroxyl groups is 1. The fourth-order valence-electron chi connectivity index (χ4n) is 4.01. The molecule has 138 valence electrons. The molecule has 2 N–H and O–H groups in total. The van der Waals surface area contributed by atoms with Gasteiger partial charge in [0.1, 0.15) is 0 Å². The van der Waals surface area contributed by atoms with Gasteiger partial charge in [-0.05, 0) is 51.5 Å². The molecule has 2 fully saturated rings. The quantitative estimate of drug-likeness (QED) is 0.845. The second-order valence-electron chi connectivity index (χ2n) is 7.64. The zero-order valence-electron chi connectivity index (χ0n) is 15.2. The Hall–Kier alpha value is -1.43. The normalized spacial score (nSPS) is 26.5. The minimum atomic E-state index is 0.0506. The molecular formula is C20H31N3O2. The molecule has 0 aliphatic carbocycles. The zero-order valence-corrected chi connectivity index (χ0v) is 15.2. The van der Waals surface area contributed by atoms with Crippen LogP contribution in [-0.4, -0.2) is 66.7 Å². The Labute approximate surface area is 151 Å². The molecule has 0 aromatic heterocycles. The predicted octanol–water partition coefficient (Wildman–Crippen LogP) is 1.33. The fraction of sp³-hybridized carbons (Fsp3) is 0.650. The van der Waals surface area contributed by atoms with Crippen molar-refractivity contribution in [3.63, 3.8) is 0 Å². The molecule has 25 heavy (non-hydrogen) atoms. The molecule has 3 rings (SSSR count). The Kier molecular flexibility index (Phi) is 6.45. The van der Waals surface area contributed by atoms with E-state index in [2.05, 4.69) is 46.4 Å². The Morgan fingerprint density at radius 1 is 1.16 bits per heavy atom. The summed E-state index contributed by atoms with van der Waals surface area (Å²) >= 11 is 0. The molecule has 0 radical (unpaired) electrons. The maximum absolute atomic E-state index is 12.7. The second-order valence-corrected chi connectivity index (χ2v) is 7.64. The van der Waals surface area contributed by atoms with Crippen LogP contribution in [0.1, 0.15) is 24.8 Å². The third-order valence-corrected chi connectivity index (χ3v) is 5.74. The van der Waals surface area contributed by atoms with Gasteiger partial charge in [0, 0.05) is 37.6 Å². The number of likely N-dealkylation sites (tertiary alicyclic amines) is 2. The third kappa shape index (κ3) is 5.03. The van der Waals surface area contributed by atoms with Crippen LogP contribution in [0.3, 0.4) is 0 Å². The van der Waals surface area contributed by atoms with E-state index >= 15 is 0 Å². The number of carbonyl (C=O) groups is 1. The lowest BCUT2D eigenvalue weighted by Gasteiger charge is -2.39. The minimum Gasteiger partial charge on any atom is -0.396 e. The third-order valence-electron chi connectivity index (χ3n) is 5.74. The van der Waals surface area contributed by atoms with E-state index in [4.69, 9.17) is 0 Å². The minimum absolute atomic E-state index is 0.0506. The SMILES string of the molecule is CN1CCC(C(=O)NC2CN(Cc3ccccc3)CCC2CO)CC1. The number of hydrogen-bond donors (Lipinski definition) is 2. The molecule has 2 aliphatic heterocycles. The van der Waals surface area contributed by atoms with Gasteiger partial charge in [-0.25, -0.2) is 0 Å². The molecule has 2 heterocycles. The Morgan fingerprint density at radius 3 is 2.56 bits per heavy atom. The summed E-state index contributed by atoms with van der Waals surface area (Å²) in [6.07, 6.45) is 2.81. The van der Waals surface area contributed by atoms with Crippen LogP contribution < -0.4 is 5.32 Å². The Balaban J connectivity index is 1.56. The van der Waals surface area contributed by atoms with Crippen LogP contribution in [0.4, 0.5) is 0 Å². The smallest absolute Gasteiger partial charge is 0.223 e. The summed E-state index contributed by atoms with van der Waals surface area (Å²) in [5.41, 5.74) is 1.30. The van der Waals surface area contributed by atoms with Crippen molar-refractivity contribution in [2.75, 3.05) is 39.8 Å². The standard InChI is InChI=1S/C20H31N3O2/c1-22-10-7-17(8-11-22)20(25)21-19-14-23(12-9-18(19)15-24)13-16-5-3-2-4-6-16/h2-6,17-19,24H,7-15H2,1H3,(H,21,25). The highest BCUT2D eigenvalue weighted by Gasteiger charge is 2.32.